The Balaban J connectivity index is 2.05. The molecule has 2 atom stereocenters. The summed E-state index contributed by atoms with van der Waals surface area (Å²) in [6.45, 7) is 2.20. The number of methoxy groups -OCH3 is 2. The average molecular weight is 264 g/mol. The number of ether oxygens (including phenoxy) is 2. The van der Waals surface area contributed by atoms with Gasteiger partial charge in [0.2, 0.25) is 5.88 Å². The summed E-state index contributed by atoms with van der Waals surface area (Å²) in [5.41, 5.74) is 0.344. The zero-order valence-corrected chi connectivity index (χ0v) is 11.6. The Hall–Kier alpha value is -1.78. The van der Waals surface area contributed by atoms with Crippen LogP contribution in [0, 0.1) is 5.92 Å². The maximum absolute atomic E-state index is 11.5. The van der Waals surface area contributed by atoms with Gasteiger partial charge in [-0.05, 0) is 30.9 Å². The molecule has 0 radical (unpaired) electrons. The molecule has 5 nitrogen and oxygen atoms in total. The van der Waals surface area contributed by atoms with E-state index in [4.69, 9.17) is 4.74 Å². The number of hydrogen-bond donors (Lipinski definition) is 1. The molecule has 0 aliphatic heterocycles. The number of nitrogens with one attached hydrogen (secondary N) is 1. The van der Waals surface area contributed by atoms with Crippen LogP contribution in [0.3, 0.4) is 0 Å². The molecule has 104 valence electrons. The molecule has 1 aliphatic carbocycles. The van der Waals surface area contributed by atoms with E-state index >= 15 is 0 Å². The fourth-order valence-electron chi connectivity index (χ4n) is 2.25. The van der Waals surface area contributed by atoms with Gasteiger partial charge < -0.3 is 14.8 Å². The third kappa shape index (κ3) is 3.16. The first kappa shape index (κ1) is 13.6. The minimum atomic E-state index is -0.439. The van der Waals surface area contributed by atoms with Crippen LogP contribution in [0.2, 0.25) is 0 Å². The normalized spacial score (nSPS) is 20.8. The van der Waals surface area contributed by atoms with Crippen LogP contribution in [0.4, 0.5) is 5.82 Å². The predicted molar refractivity (Wildman–Crippen MR) is 72.6 cm³/mol. The molecule has 2 rings (SSSR count). The molecule has 0 bridgehead atoms. The molecular formula is C14H20N2O3. The van der Waals surface area contributed by atoms with Gasteiger partial charge in [-0.1, -0.05) is 13.3 Å². The van der Waals surface area contributed by atoms with Gasteiger partial charge in [-0.2, -0.15) is 4.98 Å². The lowest BCUT2D eigenvalue weighted by Crippen LogP contribution is -2.10. The van der Waals surface area contributed by atoms with Gasteiger partial charge in [0.05, 0.1) is 14.2 Å². The van der Waals surface area contributed by atoms with E-state index < -0.39 is 5.97 Å². The Bertz CT molecular complexity index is 462. The average Bonchev–Trinajstić information content (AvgIpc) is 3.16. The van der Waals surface area contributed by atoms with Crippen molar-refractivity contribution in [3.63, 3.8) is 0 Å². The Morgan fingerprint density at radius 3 is 2.89 bits per heavy atom. The van der Waals surface area contributed by atoms with Crippen molar-refractivity contribution in [1.82, 2.24) is 4.98 Å². The highest BCUT2D eigenvalue weighted by atomic mass is 16.5. The smallest absolute Gasteiger partial charge is 0.343 e. The highest BCUT2D eigenvalue weighted by molar-refractivity contribution is 5.92. The quantitative estimate of drug-likeness (QED) is 0.800. The van der Waals surface area contributed by atoms with Gasteiger partial charge in [0.1, 0.15) is 11.4 Å². The Morgan fingerprint density at radius 2 is 2.26 bits per heavy atom. The number of nitrogens with zero attached hydrogens (tertiary/aromatic N) is 1. The first-order valence-electron chi connectivity index (χ1n) is 6.59. The van der Waals surface area contributed by atoms with Crippen LogP contribution in [0.15, 0.2) is 12.1 Å². The largest absolute Gasteiger partial charge is 0.480 e. The number of aromatic nitrogens is 1. The van der Waals surface area contributed by atoms with E-state index in [9.17, 15) is 4.79 Å². The highest BCUT2D eigenvalue weighted by Gasteiger charge is 2.36. The van der Waals surface area contributed by atoms with E-state index in [-0.39, 0.29) is 0 Å². The molecule has 1 saturated carbocycles. The van der Waals surface area contributed by atoms with E-state index in [1.54, 1.807) is 12.1 Å². The van der Waals surface area contributed by atoms with Crippen molar-refractivity contribution in [1.29, 1.82) is 0 Å². The van der Waals surface area contributed by atoms with Crippen LogP contribution < -0.4 is 10.1 Å². The minimum absolute atomic E-state index is 0.296. The molecule has 0 saturated heterocycles. The molecule has 1 fully saturated rings. The Labute approximate surface area is 113 Å². The predicted octanol–water partition coefficient (Wildman–Crippen LogP) is 2.48. The van der Waals surface area contributed by atoms with E-state index in [0.29, 0.717) is 17.5 Å². The Morgan fingerprint density at radius 1 is 1.47 bits per heavy atom. The molecule has 0 amide bonds. The first-order valence-corrected chi connectivity index (χ1v) is 6.59. The lowest BCUT2D eigenvalue weighted by molar-refractivity contribution is 0.0596. The van der Waals surface area contributed by atoms with E-state index in [1.165, 1.54) is 33.5 Å². The Kier molecular flexibility index (Phi) is 4.24. The summed E-state index contributed by atoms with van der Waals surface area (Å²) in [4.78, 5) is 15.8. The molecule has 1 heterocycles. The van der Waals surface area contributed by atoms with Crippen LogP contribution in [-0.2, 0) is 4.74 Å². The van der Waals surface area contributed by atoms with Crippen molar-refractivity contribution in [2.75, 3.05) is 19.5 Å². The number of rotatable bonds is 6. The second kappa shape index (κ2) is 5.91. The summed E-state index contributed by atoms with van der Waals surface area (Å²) < 4.78 is 9.82. The number of esters is 1. The number of carbonyl (C=O) groups is 1. The molecule has 1 N–H and O–H groups in total. The van der Waals surface area contributed by atoms with Gasteiger partial charge in [-0.25, -0.2) is 4.79 Å². The summed E-state index contributed by atoms with van der Waals surface area (Å²) >= 11 is 0. The van der Waals surface area contributed by atoms with Crippen LogP contribution in [0.5, 0.6) is 5.88 Å². The zero-order valence-electron chi connectivity index (χ0n) is 11.6. The monoisotopic (exact) mass is 264 g/mol. The summed E-state index contributed by atoms with van der Waals surface area (Å²) in [5.74, 6) is 1.35. The maximum Gasteiger partial charge on any atom is 0.343 e. The lowest BCUT2D eigenvalue weighted by Gasteiger charge is -2.09. The lowest BCUT2D eigenvalue weighted by atomic mass is 10.2. The van der Waals surface area contributed by atoms with Gasteiger partial charge in [-0.3, -0.25) is 0 Å². The van der Waals surface area contributed by atoms with Crippen LogP contribution >= 0.6 is 0 Å². The van der Waals surface area contributed by atoms with E-state index in [0.717, 1.165) is 11.7 Å². The summed E-state index contributed by atoms with van der Waals surface area (Å²) in [6.07, 6.45) is 3.65. The van der Waals surface area contributed by atoms with Gasteiger partial charge >= 0.3 is 5.97 Å². The van der Waals surface area contributed by atoms with E-state index in [2.05, 4.69) is 22.0 Å². The summed E-state index contributed by atoms with van der Waals surface area (Å²) in [7, 11) is 2.84. The fraction of sp³-hybridized carbons (Fsp3) is 0.571. The number of anilines is 1. The van der Waals surface area contributed by atoms with Crippen molar-refractivity contribution in [3.8, 4) is 5.88 Å². The van der Waals surface area contributed by atoms with Crippen LogP contribution in [0.25, 0.3) is 0 Å². The van der Waals surface area contributed by atoms with E-state index in [1.807, 2.05) is 0 Å². The van der Waals surface area contributed by atoms with Gasteiger partial charge in [-0.15, -0.1) is 0 Å². The summed E-state index contributed by atoms with van der Waals surface area (Å²) in [6, 6.07) is 3.97. The SMILES string of the molecule is CCCC1CC1Nc1ccc(C(=O)OC)c(OC)n1. The number of carbonyl (C=O) groups excluding carboxylic acids is 1. The minimum Gasteiger partial charge on any atom is -0.480 e. The van der Waals surface area contributed by atoms with Crippen LogP contribution in [0.1, 0.15) is 36.5 Å². The van der Waals surface area contributed by atoms with Crippen molar-refractivity contribution in [3.05, 3.63) is 17.7 Å². The third-order valence-corrected chi connectivity index (χ3v) is 3.37. The highest BCUT2D eigenvalue weighted by Crippen LogP contribution is 2.37. The van der Waals surface area contributed by atoms with Gasteiger partial charge in [0, 0.05) is 6.04 Å². The molecule has 5 heteroatoms. The number of hydrogen-bond acceptors (Lipinski definition) is 5. The molecule has 0 spiro atoms. The number of pyridine rings is 1. The topological polar surface area (TPSA) is 60.5 Å². The standard InChI is InChI=1S/C14H20N2O3/c1-4-5-9-8-11(9)15-12-7-6-10(14(17)19-3)13(16-12)18-2/h6-7,9,11H,4-5,8H2,1-3H3,(H,15,16). The first-order chi connectivity index (χ1) is 9.19. The zero-order chi connectivity index (χ0) is 13.8. The molecule has 19 heavy (non-hydrogen) atoms. The van der Waals surface area contributed by atoms with Crippen molar-refractivity contribution in [2.45, 2.75) is 32.2 Å². The summed E-state index contributed by atoms with van der Waals surface area (Å²) in [5, 5.41) is 3.37. The fourth-order valence-corrected chi connectivity index (χ4v) is 2.25. The molecule has 0 aromatic carbocycles. The van der Waals surface area contributed by atoms with Crippen LogP contribution in [-0.4, -0.2) is 31.2 Å². The second-order valence-corrected chi connectivity index (χ2v) is 4.78. The molecule has 1 aromatic heterocycles. The molecule has 1 aliphatic rings. The van der Waals surface area contributed by atoms with Crippen molar-refractivity contribution in [2.24, 2.45) is 5.92 Å². The molecule has 2 unspecified atom stereocenters. The van der Waals surface area contributed by atoms with Crippen molar-refractivity contribution < 1.29 is 14.3 Å². The van der Waals surface area contributed by atoms with Gasteiger partial charge in [0.15, 0.2) is 0 Å². The molecular weight excluding hydrogens is 244 g/mol. The third-order valence-electron chi connectivity index (χ3n) is 3.37. The maximum atomic E-state index is 11.5. The van der Waals surface area contributed by atoms with Crippen molar-refractivity contribution >= 4 is 11.8 Å². The van der Waals surface area contributed by atoms with Gasteiger partial charge in [0.25, 0.3) is 0 Å². The molecule has 1 aromatic rings. The second-order valence-electron chi connectivity index (χ2n) is 4.78.